The largest absolute Gasteiger partial charge is 0.444 e. The van der Waals surface area contributed by atoms with Crippen molar-refractivity contribution in [1.29, 1.82) is 0 Å². The summed E-state index contributed by atoms with van der Waals surface area (Å²) in [5, 5.41) is 5.91. The molecule has 0 unspecified atom stereocenters. The van der Waals surface area contributed by atoms with Crippen molar-refractivity contribution in [2.24, 2.45) is 0 Å². The third-order valence-corrected chi connectivity index (χ3v) is 3.60. The Kier molecular flexibility index (Phi) is 4.61. The van der Waals surface area contributed by atoms with Crippen molar-refractivity contribution in [1.82, 2.24) is 9.97 Å². The van der Waals surface area contributed by atoms with E-state index >= 15 is 0 Å². The fourth-order valence-electron chi connectivity index (χ4n) is 2.18. The lowest BCUT2D eigenvalue weighted by atomic mass is 10.2. The van der Waals surface area contributed by atoms with Crippen LogP contribution < -0.4 is 10.6 Å². The smallest absolute Gasteiger partial charge is 0.291 e. The van der Waals surface area contributed by atoms with E-state index in [0.717, 1.165) is 17.1 Å². The van der Waals surface area contributed by atoms with Crippen molar-refractivity contribution in [3.8, 4) is 0 Å². The number of nitrogens with one attached hydrogen (secondary N) is 2. The fourth-order valence-corrected chi connectivity index (χ4v) is 2.48. The zero-order valence-corrected chi connectivity index (χ0v) is 14.7. The number of furan rings is 1. The molecule has 2 N–H and O–H groups in total. The van der Waals surface area contributed by atoms with Gasteiger partial charge in [-0.05, 0) is 72.2 Å². The minimum atomic E-state index is -0.306. The molecule has 0 saturated heterocycles. The zero-order valence-electron chi connectivity index (χ0n) is 13.1. The number of carbonyl (C=O) groups is 1. The first kappa shape index (κ1) is 16.2. The van der Waals surface area contributed by atoms with Gasteiger partial charge in [-0.25, -0.2) is 9.97 Å². The van der Waals surface area contributed by atoms with Gasteiger partial charge >= 0.3 is 0 Å². The van der Waals surface area contributed by atoms with Gasteiger partial charge in [-0.15, -0.1) is 0 Å². The quantitative estimate of drug-likeness (QED) is 0.692. The molecule has 3 rings (SSSR count). The van der Waals surface area contributed by atoms with E-state index in [1.54, 1.807) is 24.3 Å². The van der Waals surface area contributed by atoms with Gasteiger partial charge in [-0.3, -0.25) is 4.79 Å². The number of amides is 1. The lowest BCUT2D eigenvalue weighted by molar-refractivity contribution is 0.0995. The molecule has 1 aromatic carbocycles. The van der Waals surface area contributed by atoms with Crippen molar-refractivity contribution in [2.75, 3.05) is 10.6 Å². The standard InChI is InChI=1S/C17H15BrN4O2/c1-10-9-11(2)20-17(19-10)22-13-5-3-12(4-6-13)21-16(23)14-7-8-15(18)24-14/h3-9H,1-2H3,(H,21,23)(H,19,20,22). The Morgan fingerprint density at radius 1 is 1.00 bits per heavy atom. The van der Waals surface area contributed by atoms with Gasteiger partial charge in [0.05, 0.1) is 0 Å². The minimum absolute atomic E-state index is 0.243. The van der Waals surface area contributed by atoms with Crippen molar-refractivity contribution in [3.63, 3.8) is 0 Å². The average molecular weight is 387 g/mol. The molecule has 2 heterocycles. The van der Waals surface area contributed by atoms with E-state index in [-0.39, 0.29) is 11.7 Å². The SMILES string of the molecule is Cc1cc(C)nc(Nc2ccc(NC(=O)c3ccc(Br)o3)cc2)n1. The Hall–Kier alpha value is -2.67. The minimum Gasteiger partial charge on any atom is -0.444 e. The molecule has 6 nitrogen and oxygen atoms in total. The second kappa shape index (κ2) is 6.84. The van der Waals surface area contributed by atoms with Gasteiger partial charge in [0.25, 0.3) is 5.91 Å². The van der Waals surface area contributed by atoms with E-state index in [1.165, 1.54) is 0 Å². The topological polar surface area (TPSA) is 80.0 Å². The van der Waals surface area contributed by atoms with Gasteiger partial charge in [-0.1, -0.05) is 0 Å². The number of halogens is 1. The number of nitrogens with zero attached hydrogens (tertiary/aromatic N) is 2. The maximum atomic E-state index is 12.0. The Bertz CT molecular complexity index is 854. The van der Waals surface area contributed by atoms with Crippen molar-refractivity contribution >= 4 is 39.2 Å². The van der Waals surface area contributed by atoms with Crippen molar-refractivity contribution in [2.45, 2.75) is 13.8 Å². The van der Waals surface area contributed by atoms with E-state index in [9.17, 15) is 4.79 Å². The summed E-state index contributed by atoms with van der Waals surface area (Å²) in [6, 6.07) is 12.5. The molecular formula is C17H15BrN4O2. The number of carbonyl (C=O) groups excluding carboxylic acids is 1. The first-order valence-corrected chi connectivity index (χ1v) is 8.05. The molecule has 1 amide bonds. The summed E-state index contributed by atoms with van der Waals surface area (Å²) < 4.78 is 5.73. The molecule has 0 aliphatic heterocycles. The van der Waals surface area contributed by atoms with Crippen LogP contribution in [0.3, 0.4) is 0 Å². The number of hydrogen-bond donors (Lipinski definition) is 2. The predicted molar refractivity (Wildman–Crippen MR) is 95.6 cm³/mol. The Morgan fingerprint density at radius 2 is 1.62 bits per heavy atom. The highest BCUT2D eigenvalue weighted by Gasteiger charge is 2.10. The number of anilines is 3. The maximum absolute atomic E-state index is 12.0. The number of aromatic nitrogens is 2. The molecule has 0 spiro atoms. The molecule has 2 aromatic heterocycles. The van der Waals surface area contributed by atoms with Crippen LogP contribution in [-0.4, -0.2) is 15.9 Å². The number of aryl methyl sites for hydroxylation is 2. The van der Waals surface area contributed by atoms with Gasteiger partial charge in [0, 0.05) is 22.8 Å². The van der Waals surface area contributed by atoms with Crippen molar-refractivity contribution < 1.29 is 9.21 Å². The molecule has 7 heteroatoms. The van der Waals surface area contributed by atoms with Crippen molar-refractivity contribution in [3.05, 3.63) is 64.3 Å². The van der Waals surface area contributed by atoms with Crippen LogP contribution in [0.5, 0.6) is 0 Å². The molecule has 0 aliphatic carbocycles. The zero-order chi connectivity index (χ0) is 17.1. The molecule has 0 atom stereocenters. The fraction of sp³-hybridized carbons (Fsp3) is 0.118. The van der Waals surface area contributed by atoms with Gasteiger partial charge in [0.2, 0.25) is 5.95 Å². The number of rotatable bonds is 4. The first-order chi connectivity index (χ1) is 11.5. The third-order valence-electron chi connectivity index (χ3n) is 3.18. The van der Waals surface area contributed by atoms with Crippen LogP contribution in [-0.2, 0) is 0 Å². The summed E-state index contributed by atoms with van der Waals surface area (Å²) in [4.78, 5) is 20.7. The normalized spacial score (nSPS) is 10.5. The monoisotopic (exact) mass is 386 g/mol. The first-order valence-electron chi connectivity index (χ1n) is 7.26. The number of benzene rings is 1. The summed E-state index contributed by atoms with van der Waals surface area (Å²) in [6.07, 6.45) is 0. The number of hydrogen-bond acceptors (Lipinski definition) is 5. The molecule has 0 fully saturated rings. The molecule has 0 aliphatic rings. The molecule has 122 valence electrons. The van der Waals surface area contributed by atoms with Gasteiger partial charge < -0.3 is 15.1 Å². The third kappa shape index (κ3) is 3.99. The second-order valence-electron chi connectivity index (χ2n) is 5.23. The van der Waals surface area contributed by atoms with Gasteiger partial charge in [0.15, 0.2) is 10.4 Å². The van der Waals surface area contributed by atoms with Crippen LogP contribution >= 0.6 is 15.9 Å². The van der Waals surface area contributed by atoms with E-state index in [1.807, 2.05) is 32.0 Å². The van der Waals surface area contributed by atoms with Gasteiger partial charge in [-0.2, -0.15) is 0 Å². The lowest BCUT2D eigenvalue weighted by Gasteiger charge is -2.08. The van der Waals surface area contributed by atoms with E-state index in [0.29, 0.717) is 16.3 Å². The van der Waals surface area contributed by atoms with Crippen LogP contribution in [0, 0.1) is 13.8 Å². The molecule has 24 heavy (non-hydrogen) atoms. The lowest BCUT2D eigenvalue weighted by Crippen LogP contribution is -2.10. The highest BCUT2D eigenvalue weighted by atomic mass is 79.9. The average Bonchev–Trinajstić information content (AvgIpc) is 2.95. The molecule has 3 aromatic rings. The Morgan fingerprint density at radius 3 is 2.21 bits per heavy atom. The Balaban J connectivity index is 1.68. The van der Waals surface area contributed by atoms with Crippen LogP contribution in [0.1, 0.15) is 21.9 Å². The van der Waals surface area contributed by atoms with Crippen LogP contribution in [0.25, 0.3) is 0 Å². The summed E-state index contributed by atoms with van der Waals surface area (Å²) >= 11 is 3.17. The summed E-state index contributed by atoms with van der Waals surface area (Å²) in [5.41, 5.74) is 3.30. The Labute approximate surface area is 147 Å². The highest BCUT2D eigenvalue weighted by Crippen LogP contribution is 2.19. The summed E-state index contributed by atoms with van der Waals surface area (Å²) in [6.45, 7) is 3.84. The van der Waals surface area contributed by atoms with Crippen LogP contribution in [0.2, 0.25) is 0 Å². The molecule has 0 radical (unpaired) electrons. The maximum Gasteiger partial charge on any atom is 0.291 e. The van der Waals surface area contributed by atoms with E-state index in [2.05, 4.69) is 36.5 Å². The van der Waals surface area contributed by atoms with E-state index < -0.39 is 0 Å². The van der Waals surface area contributed by atoms with Crippen LogP contribution in [0.15, 0.2) is 51.6 Å². The second-order valence-corrected chi connectivity index (χ2v) is 6.02. The highest BCUT2D eigenvalue weighted by molar-refractivity contribution is 9.10. The van der Waals surface area contributed by atoms with Gasteiger partial charge in [0.1, 0.15) is 0 Å². The summed E-state index contributed by atoms with van der Waals surface area (Å²) in [7, 11) is 0. The molecule has 0 saturated carbocycles. The molecule has 0 bridgehead atoms. The van der Waals surface area contributed by atoms with E-state index in [4.69, 9.17) is 4.42 Å². The predicted octanol–water partition coefficient (Wildman–Crippen LogP) is 4.44. The van der Waals surface area contributed by atoms with Crippen LogP contribution in [0.4, 0.5) is 17.3 Å². The molecular weight excluding hydrogens is 372 g/mol. The summed E-state index contributed by atoms with van der Waals surface area (Å²) in [5.74, 6) is 0.483.